The van der Waals surface area contributed by atoms with Crippen LogP contribution in [-0.2, 0) is 9.84 Å². The first-order valence-electron chi connectivity index (χ1n) is 7.17. The highest BCUT2D eigenvalue weighted by molar-refractivity contribution is 7.90. The van der Waals surface area contributed by atoms with Gasteiger partial charge in [0.05, 0.1) is 20.6 Å². The number of hydrogen-bond acceptors (Lipinski definition) is 4. The predicted octanol–water partition coefficient (Wildman–Crippen LogP) is 4.70. The van der Waals surface area contributed by atoms with Crippen molar-refractivity contribution in [3.8, 4) is 0 Å². The molecule has 130 valence electrons. The van der Waals surface area contributed by atoms with Crippen LogP contribution in [0.3, 0.4) is 0 Å². The summed E-state index contributed by atoms with van der Waals surface area (Å²) in [5.41, 5.74) is 1.23. The Kier molecular flexibility index (Phi) is 4.53. The number of nitrogens with one attached hydrogen (secondary N) is 1. The third-order valence-electron chi connectivity index (χ3n) is 3.74. The van der Waals surface area contributed by atoms with Crippen LogP contribution in [0.4, 0.5) is 5.69 Å². The molecule has 3 rings (SSSR count). The molecule has 3 aromatic rings. The highest BCUT2D eigenvalue weighted by Gasteiger charge is 2.20. The summed E-state index contributed by atoms with van der Waals surface area (Å²) >= 11 is 12.2. The van der Waals surface area contributed by atoms with Gasteiger partial charge in [0.15, 0.2) is 21.2 Å². The fourth-order valence-electron chi connectivity index (χ4n) is 2.44. The summed E-state index contributed by atoms with van der Waals surface area (Å²) < 4.78 is 28.9. The molecule has 0 saturated carbocycles. The molecule has 2 aromatic carbocycles. The lowest BCUT2D eigenvalue weighted by Crippen LogP contribution is -2.13. The van der Waals surface area contributed by atoms with Crippen LogP contribution in [0.5, 0.6) is 0 Å². The number of carbonyl (C=O) groups is 1. The molecule has 5 nitrogen and oxygen atoms in total. The van der Waals surface area contributed by atoms with E-state index in [0.717, 1.165) is 11.6 Å². The Morgan fingerprint density at radius 1 is 1.12 bits per heavy atom. The standard InChI is InChI=1S/C17H13Cl2NO4S/c1-9-11-4-3-5-13(19)16(11)24-15(9)17(21)20-14-8-10(25(2,22)23)6-7-12(14)18/h3-8H,1-2H3,(H,20,21). The molecule has 0 atom stereocenters. The van der Waals surface area contributed by atoms with Gasteiger partial charge in [-0.25, -0.2) is 8.42 Å². The summed E-state index contributed by atoms with van der Waals surface area (Å²) in [5.74, 6) is -0.457. The summed E-state index contributed by atoms with van der Waals surface area (Å²) in [5, 5.41) is 3.93. The second-order valence-electron chi connectivity index (χ2n) is 5.54. The lowest BCUT2D eigenvalue weighted by molar-refractivity contribution is 0.0998. The molecule has 0 aliphatic carbocycles. The molecule has 0 bridgehead atoms. The van der Waals surface area contributed by atoms with Crippen LogP contribution in [0.25, 0.3) is 11.0 Å². The average molecular weight is 398 g/mol. The van der Waals surface area contributed by atoms with Crippen molar-refractivity contribution in [1.82, 2.24) is 0 Å². The minimum absolute atomic E-state index is 0.0524. The van der Waals surface area contributed by atoms with E-state index in [1.54, 1.807) is 25.1 Å². The molecule has 0 aliphatic rings. The highest BCUT2D eigenvalue weighted by Crippen LogP contribution is 2.32. The summed E-state index contributed by atoms with van der Waals surface area (Å²) in [6, 6.07) is 9.33. The summed E-state index contributed by atoms with van der Waals surface area (Å²) in [7, 11) is -3.43. The van der Waals surface area contributed by atoms with E-state index in [2.05, 4.69) is 5.32 Å². The molecule has 0 spiro atoms. The minimum Gasteiger partial charge on any atom is -0.449 e. The molecular formula is C17H13Cl2NO4S. The quantitative estimate of drug-likeness (QED) is 0.694. The molecule has 8 heteroatoms. The fourth-order valence-corrected chi connectivity index (χ4v) is 3.46. The van der Waals surface area contributed by atoms with Gasteiger partial charge < -0.3 is 9.73 Å². The van der Waals surface area contributed by atoms with Crippen molar-refractivity contribution in [3.05, 3.63) is 57.8 Å². The van der Waals surface area contributed by atoms with E-state index in [0.29, 0.717) is 16.2 Å². The first-order valence-corrected chi connectivity index (χ1v) is 9.82. The van der Waals surface area contributed by atoms with Gasteiger partial charge >= 0.3 is 0 Å². The smallest absolute Gasteiger partial charge is 0.291 e. The SMILES string of the molecule is Cc1c(C(=O)Nc2cc(S(C)(=O)=O)ccc2Cl)oc2c(Cl)cccc12. The molecule has 1 amide bonds. The zero-order chi connectivity index (χ0) is 18.4. The van der Waals surface area contributed by atoms with E-state index in [1.165, 1.54) is 18.2 Å². The Labute approximate surface area is 154 Å². The lowest BCUT2D eigenvalue weighted by atomic mass is 10.1. The van der Waals surface area contributed by atoms with Gasteiger partial charge in [-0.15, -0.1) is 0 Å². The molecule has 0 unspecified atom stereocenters. The number of sulfone groups is 1. The Morgan fingerprint density at radius 2 is 1.84 bits per heavy atom. The minimum atomic E-state index is -3.43. The van der Waals surface area contributed by atoms with Gasteiger partial charge in [-0.3, -0.25) is 4.79 Å². The van der Waals surface area contributed by atoms with E-state index in [4.69, 9.17) is 27.6 Å². The molecule has 0 saturated heterocycles. The second-order valence-corrected chi connectivity index (χ2v) is 8.37. The number of anilines is 1. The number of para-hydroxylation sites is 1. The van der Waals surface area contributed by atoms with Crippen LogP contribution in [0.15, 0.2) is 45.7 Å². The van der Waals surface area contributed by atoms with Crippen molar-refractivity contribution in [2.24, 2.45) is 0 Å². The Morgan fingerprint density at radius 3 is 2.48 bits per heavy atom. The van der Waals surface area contributed by atoms with E-state index in [1.807, 2.05) is 0 Å². The topological polar surface area (TPSA) is 76.4 Å². The maximum absolute atomic E-state index is 12.6. The van der Waals surface area contributed by atoms with Crippen molar-refractivity contribution >= 4 is 55.6 Å². The number of fused-ring (bicyclic) bond motifs is 1. The predicted molar refractivity (Wildman–Crippen MR) is 98.5 cm³/mol. The largest absolute Gasteiger partial charge is 0.449 e. The van der Waals surface area contributed by atoms with E-state index >= 15 is 0 Å². The van der Waals surface area contributed by atoms with Crippen LogP contribution in [-0.4, -0.2) is 20.6 Å². The van der Waals surface area contributed by atoms with Gasteiger partial charge in [-0.2, -0.15) is 0 Å². The number of furan rings is 1. The maximum Gasteiger partial charge on any atom is 0.291 e. The summed E-state index contributed by atoms with van der Waals surface area (Å²) in [6.07, 6.45) is 1.08. The third-order valence-corrected chi connectivity index (χ3v) is 5.47. The van der Waals surface area contributed by atoms with Crippen molar-refractivity contribution in [1.29, 1.82) is 0 Å². The third kappa shape index (κ3) is 3.38. The van der Waals surface area contributed by atoms with E-state index < -0.39 is 15.7 Å². The van der Waals surface area contributed by atoms with Crippen LogP contribution in [0, 0.1) is 6.92 Å². The molecule has 0 aliphatic heterocycles. The van der Waals surface area contributed by atoms with E-state index in [9.17, 15) is 13.2 Å². The van der Waals surface area contributed by atoms with Gasteiger partial charge in [0.1, 0.15) is 0 Å². The highest BCUT2D eigenvalue weighted by atomic mass is 35.5. The lowest BCUT2D eigenvalue weighted by Gasteiger charge is -2.08. The molecule has 1 N–H and O–H groups in total. The molecular weight excluding hydrogens is 385 g/mol. The number of rotatable bonds is 3. The maximum atomic E-state index is 12.6. The monoisotopic (exact) mass is 397 g/mol. The fraction of sp³-hybridized carbons (Fsp3) is 0.118. The van der Waals surface area contributed by atoms with Crippen LogP contribution < -0.4 is 5.32 Å². The number of aryl methyl sites for hydroxylation is 1. The number of carbonyl (C=O) groups excluding carboxylic acids is 1. The number of amides is 1. The van der Waals surface area contributed by atoms with Crippen LogP contribution >= 0.6 is 23.2 Å². The van der Waals surface area contributed by atoms with Gasteiger partial charge in [0, 0.05) is 17.2 Å². The van der Waals surface area contributed by atoms with E-state index in [-0.39, 0.29) is 21.4 Å². The van der Waals surface area contributed by atoms with Gasteiger partial charge in [-0.1, -0.05) is 35.3 Å². The molecule has 25 heavy (non-hydrogen) atoms. The number of halogens is 2. The average Bonchev–Trinajstić information content (AvgIpc) is 2.87. The van der Waals surface area contributed by atoms with Crippen molar-refractivity contribution in [2.75, 3.05) is 11.6 Å². The molecule has 0 fully saturated rings. The molecule has 1 heterocycles. The molecule has 0 radical (unpaired) electrons. The van der Waals surface area contributed by atoms with Crippen molar-refractivity contribution in [2.45, 2.75) is 11.8 Å². The van der Waals surface area contributed by atoms with Gasteiger partial charge in [0.25, 0.3) is 5.91 Å². The summed E-state index contributed by atoms with van der Waals surface area (Å²) in [4.78, 5) is 12.6. The van der Waals surface area contributed by atoms with Gasteiger partial charge in [-0.05, 0) is 31.2 Å². The zero-order valence-corrected chi connectivity index (χ0v) is 15.6. The van der Waals surface area contributed by atoms with Crippen LogP contribution in [0.1, 0.15) is 16.1 Å². The van der Waals surface area contributed by atoms with Gasteiger partial charge in [0.2, 0.25) is 0 Å². The zero-order valence-electron chi connectivity index (χ0n) is 13.3. The second kappa shape index (κ2) is 6.37. The number of hydrogen-bond donors (Lipinski definition) is 1. The summed E-state index contributed by atoms with van der Waals surface area (Å²) in [6.45, 7) is 1.74. The van der Waals surface area contributed by atoms with Crippen LogP contribution in [0.2, 0.25) is 10.0 Å². The van der Waals surface area contributed by atoms with Crippen molar-refractivity contribution in [3.63, 3.8) is 0 Å². The Bertz CT molecular complexity index is 1100. The first-order chi connectivity index (χ1) is 11.7. The number of benzene rings is 2. The van der Waals surface area contributed by atoms with Crippen molar-refractivity contribution < 1.29 is 17.6 Å². The normalized spacial score (nSPS) is 11.7. The molecule has 1 aromatic heterocycles. The Balaban J connectivity index is 2.01. The first kappa shape index (κ1) is 17.8. The Hall–Kier alpha value is -2.02.